The van der Waals surface area contributed by atoms with Crippen molar-refractivity contribution < 1.29 is 37.1 Å². The third-order valence-corrected chi connectivity index (χ3v) is 8.63. The summed E-state index contributed by atoms with van der Waals surface area (Å²) in [4.78, 5) is 13.0. The summed E-state index contributed by atoms with van der Waals surface area (Å²) in [5.74, 6) is -0.667. The van der Waals surface area contributed by atoms with Crippen LogP contribution in [-0.4, -0.2) is 44.1 Å². The third-order valence-electron chi connectivity index (χ3n) is 7.02. The number of hydrogen-bond acceptors (Lipinski definition) is 8. The Morgan fingerprint density at radius 2 is 1.81 bits per heavy atom. The lowest BCUT2D eigenvalue weighted by molar-refractivity contribution is -0.193. The Morgan fingerprint density at radius 1 is 1.11 bits per heavy atom. The predicted octanol–water partition coefficient (Wildman–Crippen LogP) is 5.98. The Balaban J connectivity index is 1.52. The highest BCUT2D eigenvalue weighted by molar-refractivity contribution is 7.48. The van der Waals surface area contributed by atoms with Gasteiger partial charge in [-0.3, -0.25) is 13.8 Å². The van der Waals surface area contributed by atoms with Crippen molar-refractivity contribution in [3.63, 3.8) is 0 Å². The summed E-state index contributed by atoms with van der Waals surface area (Å²) in [5.41, 5.74) is 1.10. The Labute approximate surface area is 219 Å². The summed E-state index contributed by atoms with van der Waals surface area (Å²) in [6.45, 7) is 7.37. The molecule has 0 bridgehead atoms. The Bertz CT molecular complexity index is 991. The second-order valence-corrected chi connectivity index (χ2v) is 11.4. The second-order valence-electron chi connectivity index (χ2n) is 9.82. The molecule has 0 spiro atoms. The van der Waals surface area contributed by atoms with Crippen LogP contribution in [0.5, 0.6) is 0 Å². The number of carbonyl (C=O) groups is 1. The first-order chi connectivity index (χ1) is 17.9. The van der Waals surface area contributed by atoms with E-state index in [0.717, 1.165) is 12.0 Å². The van der Waals surface area contributed by atoms with Crippen molar-refractivity contribution in [2.24, 2.45) is 17.8 Å². The zero-order valence-corrected chi connectivity index (χ0v) is 22.9. The number of rotatable bonds is 13. The maximum atomic E-state index is 13.1. The highest BCUT2D eigenvalue weighted by Crippen LogP contribution is 2.54. The minimum atomic E-state index is -3.74. The smallest absolute Gasteiger partial charge is 0.409 e. The molecule has 0 radical (unpaired) electrons. The minimum Gasteiger partial charge on any atom is -0.409 e. The van der Waals surface area contributed by atoms with E-state index in [-0.39, 0.29) is 42.9 Å². The molecule has 0 N–H and O–H groups in total. The predicted molar refractivity (Wildman–Crippen MR) is 138 cm³/mol. The standard InChI is InChI=1S/C28H39O8P/c1-4-34-37(30,35-5-2)36-25-16-23-12-9-13-26(29)27(23)24(17-25)19-28(32-14-15-33-28)18-21(3)31-20-22-10-7-6-8-11-22/h6-11,13,17,21,23-24,27H,4-5,12,14-16,18-20H2,1-3H3/t21?,23-,24?,27+/m1/s1. The molecule has 2 aliphatic carbocycles. The summed E-state index contributed by atoms with van der Waals surface area (Å²) in [7, 11) is -3.74. The third kappa shape index (κ3) is 7.41. The van der Waals surface area contributed by atoms with Crippen molar-refractivity contribution >= 4 is 13.6 Å². The van der Waals surface area contributed by atoms with Crippen molar-refractivity contribution in [1.82, 2.24) is 0 Å². The second kappa shape index (κ2) is 12.8. The van der Waals surface area contributed by atoms with E-state index in [1.165, 1.54) is 0 Å². The number of allylic oxidation sites excluding steroid dienone is 4. The monoisotopic (exact) mass is 534 g/mol. The van der Waals surface area contributed by atoms with E-state index in [4.69, 9.17) is 27.8 Å². The van der Waals surface area contributed by atoms with Gasteiger partial charge in [-0.05, 0) is 56.7 Å². The number of ketones is 1. The summed E-state index contributed by atoms with van der Waals surface area (Å²) in [6.07, 6.45) is 7.59. The van der Waals surface area contributed by atoms with Crippen molar-refractivity contribution in [1.29, 1.82) is 0 Å². The molecule has 1 fully saturated rings. The molecule has 4 rings (SSSR count). The molecule has 0 amide bonds. The van der Waals surface area contributed by atoms with Crippen LogP contribution in [0.1, 0.15) is 52.0 Å². The summed E-state index contributed by atoms with van der Waals surface area (Å²) in [5, 5.41) is 0. The minimum absolute atomic E-state index is 0.0319. The van der Waals surface area contributed by atoms with Crippen molar-refractivity contribution in [3.05, 3.63) is 59.9 Å². The van der Waals surface area contributed by atoms with Gasteiger partial charge in [-0.2, -0.15) is 0 Å². The molecule has 1 aromatic carbocycles. The molecule has 9 heteroatoms. The largest absolute Gasteiger partial charge is 0.529 e. The van der Waals surface area contributed by atoms with E-state index in [9.17, 15) is 9.36 Å². The number of benzene rings is 1. The van der Waals surface area contributed by atoms with Crippen LogP contribution in [0.2, 0.25) is 0 Å². The van der Waals surface area contributed by atoms with Gasteiger partial charge >= 0.3 is 7.82 Å². The maximum absolute atomic E-state index is 13.1. The van der Waals surface area contributed by atoms with Gasteiger partial charge in [0.1, 0.15) is 5.76 Å². The molecule has 37 heavy (non-hydrogen) atoms. The van der Waals surface area contributed by atoms with Crippen LogP contribution >= 0.6 is 7.82 Å². The van der Waals surface area contributed by atoms with E-state index in [1.807, 2.05) is 49.4 Å². The molecule has 204 valence electrons. The highest BCUT2D eigenvalue weighted by Gasteiger charge is 2.47. The van der Waals surface area contributed by atoms with Crippen LogP contribution in [0.25, 0.3) is 0 Å². The van der Waals surface area contributed by atoms with E-state index in [2.05, 4.69) is 0 Å². The first-order valence-electron chi connectivity index (χ1n) is 13.3. The van der Waals surface area contributed by atoms with Gasteiger partial charge in [0.05, 0.1) is 39.1 Å². The number of ether oxygens (including phenoxy) is 3. The molecule has 1 aromatic rings. The van der Waals surface area contributed by atoms with Gasteiger partial charge in [0.25, 0.3) is 0 Å². The lowest BCUT2D eigenvalue weighted by Crippen LogP contribution is -2.42. The van der Waals surface area contributed by atoms with E-state index < -0.39 is 13.6 Å². The molecule has 8 nitrogen and oxygen atoms in total. The van der Waals surface area contributed by atoms with Gasteiger partial charge in [-0.25, -0.2) is 4.57 Å². The molecule has 3 aliphatic rings. The first-order valence-corrected chi connectivity index (χ1v) is 14.7. The van der Waals surface area contributed by atoms with Gasteiger partial charge in [-0.1, -0.05) is 36.4 Å². The van der Waals surface area contributed by atoms with Gasteiger partial charge in [0.2, 0.25) is 0 Å². The van der Waals surface area contributed by atoms with Crippen LogP contribution in [-0.2, 0) is 43.7 Å². The number of carbonyl (C=O) groups excluding carboxylic acids is 1. The lowest BCUT2D eigenvalue weighted by atomic mass is 9.67. The zero-order chi connectivity index (χ0) is 26.3. The average molecular weight is 535 g/mol. The first kappa shape index (κ1) is 28.2. The van der Waals surface area contributed by atoms with E-state index in [1.54, 1.807) is 19.9 Å². The molecule has 1 saturated heterocycles. The fourth-order valence-corrected chi connectivity index (χ4v) is 6.81. The molecule has 1 heterocycles. The van der Waals surface area contributed by atoms with Crippen LogP contribution in [0.15, 0.2) is 54.3 Å². The van der Waals surface area contributed by atoms with Gasteiger partial charge in [-0.15, -0.1) is 0 Å². The number of phosphoric ester groups is 1. The van der Waals surface area contributed by atoms with E-state index in [0.29, 0.717) is 44.8 Å². The number of fused-ring (bicyclic) bond motifs is 1. The van der Waals surface area contributed by atoms with Crippen molar-refractivity contribution in [2.45, 2.75) is 65.0 Å². The Hall–Kier alpha value is -1.80. The van der Waals surface area contributed by atoms with Crippen molar-refractivity contribution in [2.75, 3.05) is 26.4 Å². The van der Waals surface area contributed by atoms with Crippen LogP contribution in [0.4, 0.5) is 0 Å². The summed E-state index contributed by atoms with van der Waals surface area (Å²) in [6, 6.07) is 10.0. The normalized spacial score (nSPS) is 26.0. The summed E-state index contributed by atoms with van der Waals surface area (Å²) < 4.78 is 48.2. The fraction of sp³-hybridized carbons (Fsp3) is 0.607. The quantitative estimate of drug-likeness (QED) is 0.286. The average Bonchev–Trinajstić information content (AvgIpc) is 3.31. The van der Waals surface area contributed by atoms with Crippen LogP contribution in [0.3, 0.4) is 0 Å². The van der Waals surface area contributed by atoms with Gasteiger partial charge in [0, 0.05) is 25.2 Å². The van der Waals surface area contributed by atoms with Gasteiger partial charge in [0.15, 0.2) is 11.6 Å². The van der Waals surface area contributed by atoms with Crippen LogP contribution < -0.4 is 0 Å². The van der Waals surface area contributed by atoms with Crippen molar-refractivity contribution in [3.8, 4) is 0 Å². The topological polar surface area (TPSA) is 89.5 Å². The Morgan fingerprint density at radius 3 is 2.49 bits per heavy atom. The molecular weight excluding hydrogens is 495 g/mol. The molecular formula is C28H39O8P. The maximum Gasteiger partial charge on any atom is 0.529 e. The molecule has 1 aliphatic heterocycles. The van der Waals surface area contributed by atoms with Crippen LogP contribution in [0, 0.1) is 17.8 Å². The Kier molecular flexibility index (Phi) is 9.79. The SMILES string of the molecule is CCOP(=O)(OCC)OC1=CC(CC2(CC(C)OCc3ccccc3)OCCO2)[C@H]2C(=O)C=CC[C@@H]2C1. The molecule has 4 atom stereocenters. The van der Waals surface area contributed by atoms with Gasteiger partial charge < -0.3 is 18.7 Å². The molecule has 0 aromatic heterocycles. The van der Waals surface area contributed by atoms with E-state index >= 15 is 0 Å². The highest BCUT2D eigenvalue weighted by atomic mass is 31.2. The number of phosphoric acid groups is 1. The molecule has 0 saturated carbocycles. The zero-order valence-electron chi connectivity index (χ0n) is 22.0. The molecule has 2 unspecified atom stereocenters. The number of hydrogen-bond donors (Lipinski definition) is 0. The summed E-state index contributed by atoms with van der Waals surface area (Å²) >= 11 is 0. The fourth-order valence-electron chi connectivity index (χ4n) is 5.58. The lowest BCUT2D eigenvalue weighted by Gasteiger charge is -2.41.